The lowest BCUT2D eigenvalue weighted by atomic mass is 9.93. The van der Waals surface area contributed by atoms with Gasteiger partial charge in [-0.2, -0.15) is 0 Å². The van der Waals surface area contributed by atoms with Gasteiger partial charge < -0.3 is 10.5 Å². The van der Waals surface area contributed by atoms with Crippen molar-refractivity contribution in [3.8, 4) is 5.75 Å². The number of rotatable bonds is 4. The summed E-state index contributed by atoms with van der Waals surface area (Å²) in [4.78, 5) is 0. The number of hydrogen-bond donors (Lipinski definition) is 1. The highest BCUT2D eigenvalue weighted by Gasteiger charge is 2.31. The first-order chi connectivity index (χ1) is 7.83. The van der Waals surface area contributed by atoms with E-state index in [2.05, 4.69) is 4.74 Å². The maximum atomic E-state index is 11.9. The second-order valence-electron chi connectivity index (χ2n) is 4.03. The van der Waals surface area contributed by atoms with Crippen LogP contribution in [-0.2, 0) is 0 Å². The molecule has 0 radical (unpaired) electrons. The van der Waals surface area contributed by atoms with E-state index in [9.17, 15) is 13.2 Å². The van der Waals surface area contributed by atoms with E-state index in [4.69, 9.17) is 5.73 Å². The van der Waals surface area contributed by atoms with Crippen LogP contribution in [0.15, 0.2) is 24.3 Å². The largest absolute Gasteiger partial charge is 0.573 e. The molecule has 0 aliphatic rings. The fourth-order valence-corrected chi connectivity index (χ4v) is 1.47. The van der Waals surface area contributed by atoms with Crippen LogP contribution in [0.4, 0.5) is 13.2 Å². The number of halogens is 3. The first kappa shape index (κ1) is 13.8. The Morgan fingerprint density at radius 2 is 1.76 bits per heavy atom. The van der Waals surface area contributed by atoms with Gasteiger partial charge in [0.1, 0.15) is 5.75 Å². The molecule has 2 nitrogen and oxygen atoms in total. The Kier molecular flexibility index (Phi) is 4.40. The van der Waals surface area contributed by atoms with Gasteiger partial charge in [0.15, 0.2) is 0 Å². The average molecular weight is 247 g/mol. The fourth-order valence-electron chi connectivity index (χ4n) is 1.47. The van der Waals surface area contributed by atoms with E-state index in [-0.39, 0.29) is 17.7 Å². The monoisotopic (exact) mass is 247 g/mol. The van der Waals surface area contributed by atoms with Crippen LogP contribution in [0.2, 0.25) is 0 Å². The molecule has 0 fully saturated rings. The van der Waals surface area contributed by atoms with Crippen molar-refractivity contribution in [2.45, 2.75) is 32.7 Å². The molecule has 1 aromatic carbocycles. The summed E-state index contributed by atoms with van der Waals surface area (Å²) in [5, 5.41) is 0. The lowest BCUT2D eigenvalue weighted by molar-refractivity contribution is -0.274. The predicted molar refractivity (Wildman–Crippen MR) is 59.5 cm³/mol. The molecule has 0 aromatic heterocycles. The fraction of sp³-hybridized carbons (Fsp3) is 0.500. The molecule has 0 amide bonds. The first-order valence-electron chi connectivity index (χ1n) is 5.44. The van der Waals surface area contributed by atoms with Crippen LogP contribution in [0.25, 0.3) is 0 Å². The Balaban J connectivity index is 2.74. The topological polar surface area (TPSA) is 35.2 Å². The maximum Gasteiger partial charge on any atom is 0.573 e. The molecule has 2 atom stereocenters. The van der Waals surface area contributed by atoms with E-state index in [1.165, 1.54) is 12.1 Å². The third kappa shape index (κ3) is 4.26. The zero-order chi connectivity index (χ0) is 13.1. The van der Waals surface area contributed by atoms with Crippen LogP contribution in [0.5, 0.6) is 5.75 Å². The van der Waals surface area contributed by atoms with Gasteiger partial charge in [-0.05, 0) is 23.6 Å². The Morgan fingerprint density at radius 1 is 1.24 bits per heavy atom. The highest BCUT2D eigenvalue weighted by Crippen LogP contribution is 2.26. The van der Waals surface area contributed by atoms with E-state index in [0.29, 0.717) is 0 Å². The van der Waals surface area contributed by atoms with E-state index in [0.717, 1.165) is 12.0 Å². The van der Waals surface area contributed by atoms with Gasteiger partial charge >= 0.3 is 6.36 Å². The van der Waals surface area contributed by atoms with E-state index >= 15 is 0 Å². The van der Waals surface area contributed by atoms with Gasteiger partial charge in [0.05, 0.1) is 0 Å². The molecule has 0 saturated carbocycles. The molecule has 96 valence electrons. The highest BCUT2D eigenvalue weighted by atomic mass is 19.4. The molecule has 2 N–H and O–H groups in total. The molecular formula is C12H16F3NO. The minimum Gasteiger partial charge on any atom is -0.406 e. The van der Waals surface area contributed by atoms with Gasteiger partial charge in [0.2, 0.25) is 0 Å². The first-order valence-corrected chi connectivity index (χ1v) is 5.44. The molecule has 0 aliphatic heterocycles. The molecule has 0 saturated heterocycles. The van der Waals surface area contributed by atoms with Crippen molar-refractivity contribution in [1.82, 2.24) is 0 Å². The Labute approximate surface area is 98.6 Å². The summed E-state index contributed by atoms with van der Waals surface area (Å²) >= 11 is 0. The number of hydrogen-bond acceptors (Lipinski definition) is 2. The van der Waals surface area contributed by atoms with Gasteiger partial charge in [-0.25, -0.2) is 0 Å². The molecule has 0 bridgehead atoms. The van der Waals surface area contributed by atoms with Crippen molar-refractivity contribution in [2.24, 2.45) is 11.7 Å². The lowest BCUT2D eigenvalue weighted by Gasteiger charge is -2.19. The number of ether oxygens (including phenoxy) is 1. The third-order valence-corrected chi connectivity index (χ3v) is 2.76. The Morgan fingerprint density at radius 3 is 2.18 bits per heavy atom. The minimum atomic E-state index is -4.65. The zero-order valence-corrected chi connectivity index (χ0v) is 9.79. The van der Waals surface area contributed by atoms with Gasteiger partial charge in [0, 0.05) is 6.04 Å². The van der Waals surface area contributed by atoms with Crippen molar-refractivity contribution in [1.29, 1.82) is 0 Å². The van der Waals surface area contributed by atoms with Crippen LogP contribution in [-0.4, -0.2) is 6.36 Å². The molecule has 1 rings (SSSR count). The second kappa shape index (κ2) is 5.40. The molecule has 1 unspecified atom stereocenters. The van der Waals surface area contributed by atoms with Crippen molar-refractivity contribution in [2.75, 3.05) is 0 Å². The molecule has 5 heteroatoms. The highest BCUT2D eigenvalue weighted by molar-refractivity contribution is 5.29. The van der Waals surface area contributed by atoms with Gasteiger partial charge in [-0.15, -0.1) is 13.2 Å². The Bertz CT molecular complexity index is 348. The normalized spacial score (nSPS) is 15.4. The summed E-state index contributed by atoms with van der Waals surface area (Å²) in [6, 6.07) is 5.53. The summed E-state index contributed by atoms with van der Waals surface area (Å²) in [5.74, 6) is 0.0574. The molecule has 0 aliphatic carbocycles. The van der Waals surface area contributed by atoms with Crippen LogP contribution in [0.3, 0.4) is 0 Å². The SMILES string of the molecule is CCC(C)[C@H](N)c1ccc(OC(F)(F)F)cc1. The number of nitrogens with two attached hydrogens (primary N) is 1. The van der Waals surface area contributed by atoms with Crippen molar-refractivity contribution < 1.29 is 17.9 Å². The molecule has 0 spiro atoms. The smallest absolute Gasteiger partial charge is 0.406 e. The predicted octanol–water partition coefficient (Wildman–Crippen LogP) is 3.63. The quantitative estimate of drug-likeness (QED) is 0.881. The van der Waals surface area contributed by atoms with Gasteiger partial charge in [-0.1, -0.05) is 32.4 Å². The van der Waals surface area contributed by atoms with Crippen LogP contribution in [0, 0.1) is 5.92 Å². The maximum absolute atomic E-state index is 11.9. The Hall–Kier alpha value is -1.23. The van der Waals surface area contributed by atoms with Crippen molar-refractivity contribution in [3.05, 3.63) is 29.8 Å². The van der Waals surface area contributed by atoms with Crippen LogP contribution in [0.1, 0.15) is 31.9 Å². The average Bonchev–Trinajstić information content (AvgIpc) is 2.26. The summed E-state index contributed by atoms with van der Waals surface area (Å²) < 4.78 is 39.6. The minimum absolute atomic E-state index is 0.167. The van der Waals surface area contributed by atoms with Gasteiger partial charge in [0.25, 0.3) is 0 Å². The van der Waals surface area contributed by atoms with Crippen LogP contribution >= 0.6 is 0 Å². The number of benzene rings is 1. The van der Waals surface area contributed by atoms with E-state index in [1.54, 1.807) is 12.1 Å². The van der Waals surface area contributed by atoms with Crippen molar-refractivity contribution >= 4 is 0 Å². The molecular weight excluding hydrogens is 231 g/mol. The second-order valence-corrected chi connectivity index (χ2v) is 4.03. The van der Waals surface area contributed by atoms with E-state index in [1.807, 2.05) is 13.8 Å². The summed E-state index contributed by atoms with van der Waals surface area (Å²) in [7, 11) is 0. The summed E-state index contributed by atoms with van der Waals surface area (Å²) in [5.41, 5.74) is 6.78. The molecule has 1 aromatic rings. The summed E-state index contributed by atoms with van der Waals surface area (Å²) in [6.45, 7) is 4.02. The van der Waals surface area contributed by atoms with Crippen LogP contribution < -0.4 is 10.5 Å². The zero-order valence-electron chi connectivity index (χ0n) is 9.79. The third-order valence-electron chi connectivity index (χ3n) is 2.76. The van der Waals surface area contributed by atoms with E-state index < -0.39 is 6.36 Å². The molecule has 17 heavy (non-hydrogen) atoms. The number of alkyl halides is 3. The van der Waals surface area contributed by atoms with Crippen molar-refractivity contribution in [3.63, 3.8) is 0 Å². The lowest BCUT2D eigenvalue weighted by Crippen LogP contribution is -2.19. The summed E-state index contributed by atoms with van der Waals surface area (Å²) in [6.07, 6.45) is -3.73. The molecule has 0 heterocycles. The van der Waals surface area contributed by atoms with Gasteiger partial charge in [-0.3, -0.25) is 0 Å². The standard InChI is InChI=1S/C12H16F3NO/c1-3-8(2)11(16)9-4-6-10(7-5-9)17-12(13,14)15/h4-8,11H,3,16H2,1-2H3/t8?,11-/m0/s1.